The second-order valence-corrected chi connectivity index (χ2v) is 6.01. The highest BCUT2D eigenvalue weighted by Crippen LogP contribution is 2.56. The lowest BCUT2D eigenvalue weighted by Crippen LogP contribution is -2.18. The summed E-state index contributed by atoms with van der Waals surface area (Å²) in [7, 11) is 0. The van der Waals surface area contributed by atoms with Gasteiger partial charge in [0, 0.05) is 0 Å². The van der Waals surface area contributed by atoms with Gasteiger partial charge in [0.25, 0.3) is 0 Å². The van der Waals surface area contributed by atoms with Crippen molar-refractivity contribution in [2.24, 2.45) is 11.3 Å². The first-order valence-electron chi connectivity index (χ1n) is 7.38. The van der Waals surface area contributed by atoms with Gasteiger partial charge in [-0.2, -0.15) is 0 Å². The van der Waals surface area contributed by atoms with Gasteiger partial charge in [-0.3, -0.25) is 4.79 Å². The Labute approximate surface area is 121 Å². The SMILES string of the molecule is CCOC(=O)C1(C)CC1CC(C)=C(C)c1ccccc1. The number of rotatable bonds is 5. The topological polar surface area (TPSA) is 26.3 Å². The summed E-state index contributed by atoms with van der Waals surface area (Å²) in [5, 5.41) is 0. The van der Waals surface area contributed by atoms with Crippen molar-refractivity contribution in [1.82, 2.24) is 0 Å². The number of hydrogen-bond acceptors (Lipinski definition) is 2. The van der Waals surface area contributed by atoms with E-state index < -0.39 is 0 Å². The van der Waals surface area contributed by atoms with Crippen molar-refractivity contribution in [2.75, 3.05) is 6.61 Å². The molecule has 0 radical (unpaired) electrons. The standard InChI is InChI=1S/C18H24O2/c1-5-20-17(19)18(4)12-16(18)11-13(2)14(3)15-9-7-6-8-10-15/h6-10,16H,5,11-12H2,1-4H3. The number of hydrogen-bond donors (Lipinski definition) is 0. The third kappa shape index (κ3) is 2.95. The molecule has 0 aliphatic heterocycles. The summed E-state index contributed by atoms with van der Waals surface area (Å²) in [6.45, 7) is 8.70. The summed E-state index contributed by atoms with van der Waals surface area (Å²) >= 11 is 0. The van der Waals surface area contributed by atoms with Crippen molar-refractivity contribution < 1.29 is 9.53 Å². The van der Waals surface area contributed by atoms with E-state index in [4.69, 9.17) is 4.74 Å². The van der Waals surface area contributed by atoms with Gasteiger partial charge in [-0.15, -0.1) is 0 Å². The molecule has 0 heterocycles. The van der Waals surface area contributed by atoms with E-state index in [2.05, 4.69) is 38.1 Å². The average Bonchev–Trinajstić information content (AvgIpc) is 3.11. The molecule has 0 amide bonds. The van der Waals surface area contributed by atoms with Crippen molar-refractivity contribution in [1.29, 1.82) is 0 Å². The van der Waals surface area contributed by atoms with Crippen LogP contribution in [-0.4, -0.2) is 12.6 Å². The van der Waals surface area contributed by atoms with E-state index >= 15 is 0 Å². The van der Waals surface area contributed by atoms with Crippen molar-refractivity contribution >= 4 is 11.5 Å². The first-order valence-corrected chi connectivity index (χ1v) is 7.38. The highest BCUT2D eigenvalue weighted by Gasteiger charge is 2.56. The molecule has 108 valence electrons. The first-order chi connectivity index (χ1) is 9.49. The molecule has 1 aliphatic carbocycles. The van der Waals surface area contributed by atoms with Gasteiger partial charge < -0.3 is 4.74 Å². The lowest BCUT2D eigenvalue weighted by Gasteiger charge is -2.12. The molecule has 1 aromatic rings. The smallest absolute Gasteiger partial charge is 0.312 e. The Morgan fingerprint density at radius 1 is 1.30 bits per heavy atom. The van der Waals surface area contributed by atoms with Crippen molar-refractivity contribution in [2.45, 2.75) is 40.5 Å². The molecule has 2 heteroatoms. The van der Waals surface area contributed by atoms with Crippen LogP contribution in [0.2, 0.25) is 0 Å². The minimum atomic E-state index is -0.256. The molecule has 0 N–H and O–H groups in total. The fourth-order valence-corrected chi connectivity index (χ4v) is 2.75. The van der Waals surface area contributed by atoms with Crippen molar-refractivity contribution in [3.63, 3.8) is 0 Å². The van der Waals surface area contributed by atoms with Crippen LogP contribution in [0.5, 0.6) is 0 Å². The molecular weight excluding hydrogens is 248 g/mol. The Morgan fingerprint density at radius 2 is 1.95 bits per heavy atom. The van der Waals surface area contributed by atoms with E-state index in [0.29, 0.717) is 12.5 Å². The third-order valence-electron chi connectivity index (χ3n) is 4.55. The Kier molecular flexibility index (Phi) is 4.32. The Morgan fingerprint density at radius 3 is 2.55 bits per heavy atom. The highest BCUT2D eigenvalue weighted by molar-refractivity contribution is 5.80. The number of ether oxygens (including phenoxy) is 1. The molecule has 0 spiro atoms. The zero-order chi connectivity index (χ0) is 14.8. The quantitative estimate of drug-likeness (QED) is 0.740. The Hall–Kier alpha value is -1.57. The average molecular weight is 272 g/mol. The van der Waals surface area contributed by atoms with Crippen molar-refractivity contribution in [3.05, 3.63) is 41.5 Å². The maximum absolute atomic E-state index is 11.9. The molecule has 0 aromatic heterocycles. The van der Waals surface area contributed by atoms with Crippen LogP contribution in [0, 0.1) is 11.3 Å². The number of carbonyl (C=O) groups excluding carboxylic acids is 1. The Bertz CT molecular complexity index is 515. The monoisotopic (exact) mass is 272 g/mol. The summed E-state index contributed by atoms with van der Waals surface area (Å²) in [5.41, 5.74) is 3.70. The summed E-state index contributed by atoms with van der Waals surface area (Å²) in [6, 6.07) is 10.4. The molecule has 1 aliphatic rings. The van der Waals surface area contributed by atoms with Gasteiger partial charge in [0.05, 0.1) is 12.0 Å². The number of benzene rings is 1. The van der Waals surface area contributed by atoms with Crippen LogP contribution in [0.3, 0.4) is 0 Å². The number of esters is 1. The zero-order valence-electron chi connectivity index (χ0n) is 12.9. The van der Waals surface area contributed by atoms with Crippen LogP contribution in [0.25, 0.3) is 5.57 Å². The molecule has 1 aromatic carbocycles. The maximum atomic E-state index is 11.9. The predicted octanol–water partition coefficient (Wildman–Crippen LogP) is 4.46. The van der Waals surface area contributed by atoms with Crippen LogP contribution in [0.15, 0.2) is 35.9 Å². The number of allylic oxidation sites excluding steroid dienone is 2. The molecule has 20 heavy (non-hydrogen) atoms. The van der Waals surface area contributed by atoms with E-state index in [-0.39, 0.29) is 11.4 Å². The van der Waals surface area contributed by atoms with Gasteiger partial charge in [0.15, 0.2) is 0 Å². The van der Waals surface area contributed by atoms with Gasteiger partial charge in [-0.25, -0.2) is 0 Å². The molecule has 0 bridgehead atoms. The second-order valence-electron chi connectivity index (χ2n) is 6.01. The first kappa shape index (κ1) is 14.8. The summed E-state index contributed by atoms with van der Waals surface area (Å²) in [5.74, 6) is 0.398. The minimum Gasteiger partial charge on any atom is -0.466 e. The van der Waals surface area contributed by atoms with E-state index in [1.165, 1.54) is 16.7 Å². The fourth-order valence-electron chi connectivity index (χ4n) is 2.75. The van der Waals surface area contributed by atoms with Gasteiger partial charge in [0.2, 0.25) is 0 Å². The molecule has 2 nitrogen and oxygen atoms in total. The van der Waals surface area contributed by atoms with E-state index in [9.17, 15) is 4.79 Å². The van der Waals surface area contributed by atoms with Gasteiger partial charge >= 0.3 is 5.97 Å². The molecule has 2 atom stereocenters. The Balaban J connectivity index is 2.03. The van der Waals surface area contributed by atoms with Crippen LogP contribution in [0.1, 0.15) is 46.1 Å². The van der Waals surface area contributed by atoms with E-state index in [1.54, 1.807) is 0 Å². The largest absolute Gasteiger partial charge is 0.466 e. The molecule has 1 saturated carbocycles. The molecule has 2 rings (SSSR count). The zero-order valence-corrected chi connectivity index (χ0v) is 12.9. The summed E-state index contributed by atoms with van der Waals surface area (Å²) < 4.78 is 5.17. The van der Waals surface area contributed by atoms with Crippen molar-refractivity contribution in [3.8, 4) is 0 Å². The predicted molar refractivity (Wildman–Crippen MR) is 82.2 cm³/mol. The lowest BCUT2D eigenvalue weighted by atomic mass is 9.96. The van der Waals surface area contributed by atoms with E-state index in [1.807, 2.05) is 19.9 Å². The minimum absolute atomic E-state index is 0.0323. The highest BCUT2D eigenvalue weighted by atomic mass is 16.5. The van der Waals surface area contributed by atoms with Crippen LogP contribution in [0.4, 0.5) is 0 Å². The maximum Gasteiger partial charge on any atom is 0.312 e. The number of carbonyl (C=O) groups is 1. The van der Waals surface area contributed by atoms with Crippen LogP contribution < -0.4 is 0 Å². The van der Waals surface area contributed by atoms with Crippen LogP contribution >= 0.6 is 0 Å². The summed E-state index contributed by atoms with van der Waals surface area (Å²) in [6.07, 6.45) is 1.93. The molecule has 0 saturated heterocycles. The van der Waals surface area contributed by atoms with Gasteiger partial charge in [-0.1, -0.05) is 35.9 Å². The molecular formula is C18H24O2. The molecule has 2 unspecified atom stereocenters. The summed E-state index contributed by atoms with van der Waals surface area (Å²) in [4.78, 5) is 11.9. The fraction of sp³-hybridized carbons (Fsp3) is 0.500. The van der Waals surface area contributed by atoms with Gasteiger partial charge in [-0.05, 0) is 57.6 Å². The normalized spacial score (nSPS) is 25.9. The third-order valence-corrected chi connectivity index (χ3v) is 4.55. The molecule has 1 fully saturated rings. The van der Waals surface area contributed by atoms with E-state index in [0.717, 1.165) is 12.8 Å². The second kappa shape index (κ2) is 5.82. The van der Waals surface area contributed by atoms with Gasteiger partial charge in [0.1, 0.15) is 0 Å². The van der Waals surface area contributed by atoms with Crippen LogP contribution in [-0.2, 0) is 9.53 Å². The lowest BCUT2D eigenvalue weighted by molar-refractivity contribution is -0.149.